The quantitative estimate of drug-likeness (QED) is 0.745. The van der Waals surface area contributed by atoms with Crippen LogP contribution in [0.15, 0.2) is 30.3 Å². The normalized spacial score (nSPS) is 16.3. The number of aromatic nitrogens is 4. The van der Waals surface area contributed by atoms with Gasteiger partial charge in [-0.25, -0.2) is 8.78 Å². The first kappa shape index (κ1) is 16.6. The van der Waals surface area contributed by atoms with Crippen LogP contribution < -0.4 is 5.32 Å². The van der Waals surface area contributed by atoms with Crippen molar-refractivity contribution in [3.8, 4) is 5.82 Å². The van der Waals surface area contributed by atoms with E-state index < -0.39 is 17.6 Å². The summed E-state index contributed by atoms with van der Waals surface area (Å²) in [5, 5.41) is 15.0. The molecule has 0 bridgehead atoms. The molecule has 1 aliphatic rings. The summed E-state index contributed by atoms with van der Waals surface area (Å²) in [5.41, 5.74) is 0.934. The van der Waals surface area contributed by atoms with Crippen molar-refractivity contribution < 1.29 is 13.6 Å². The molecule has 132 valence electrons. The first-order valence-electron chi connectivity index (χ1n) is 7.78. The molecule has 4 rings (SSSR count). The third kappa shape index (κ3) is 2.62. The molecule has 26 heavy (non-hydrogen) atoms. The molecule has 6 nitrogen and oxygen atoms in total. The van der Waals surface area contributed by atoms with Crippen molar-refractivity contribution in [3.63, 3.8) is 0 Å². The number of nitrogens with one attached hydrogen (secondary N) is 1. The minimum absolute atomic E-state index is 0.0797. The van der Waals surface area contributed by atoms with E-state index >= 15 is 0 Å². The first-order valence-corrected chi connectivity index (χ1v) is 8.16. The summed E-state index contributed by atoms with van der Waals surface area (Å²) < 4.78 is 30.0. The summed E-state index contributed by atoms with van der Waals surface area (Å²) in [6, 6.07) is 6.76. The zero-order chi connectivity index (χ0) is 18.4. The molecule has 0 spiro atoms. The Kier molecular flexibility index (Phi) is 3.91. The number of benzene rings is 1. The predicted molar refractivity (Wildman–Crippen MR) is 90.3 cm³/mol. The van der Waals surface area contributed by atoms with Gasteiger partial charge >= 0.3 is 0 Å². The number of rotatable bonds is 2. The van der Waals surface area contributed by atoms with Crippen LogP contribution in [0.2, 0.25) is 5.15 Å². The number of nitrogens with zero attached hydrogens (tertiary/aromatic N) is 4. The van der Waals surface area contributed by atoms with Crippen LogP contribution in [0.3, 0.4) is 0 Å². The molecular formula is C17H12ClF2N5O. The van der Waals surface area contributed by atoms with Crippen molar-refractivity contribution in [3.05, 3.63) is 63.9 Å². The fraction of sp³-hybridized carbons (Fsp3) is 0.176. The summed E-state index contributed by atoms with van der Waals surface area (Å²) in [6.45, 7) is 1.71. The molecule has 3 aromatic rings. The van der Waals surface area contributed by atoms with Crippen molar-refractivity contribution in [2.24, 2.45) is 0 Å². The number of anilines is 1. The first-order chi connectivity index (χ1) is 12.5. The molecule has 0 saturated carbocycles. The molecule has 1 N–H and O–H groups in total. The summed E-state index contributed by atoms with van der Waals surface area (Å²) in [7, 11) is 0. The van der Waals surface area contributed by atoms with Crippen molar-refractivity contribution >= 4 is 23.3 Å². The standard InChI is InChI=1S/C17H12ClF2N5O/c1-8-15-9(16-10(19)3-2-4-11(16)20)7-14(26)21-17(15)25(24-8)13-6-5-12(18)22-23-13/h2-6,9H,7H2,1H3,(H,21,26)/t9-/m1/s1. The molecule has 0 fully saturated rings. The van der Waals surface area contributed by atoms with Crippen LogP contribution in [0.4, 0.5) is 14.6 Å². The van der Waals surface area contributed by atoms with Crippen LogP contribution in [0.25, 0.3) is 5.82 Å². The minimum atomic E-state index is -0.783. The molecule has 0 aliphatic carbocycles. The summed E-state index contributed by atoms with van der Waals surface area (Å²) in [4.78, 5) is 12.2. The zero-order valence-corrected chi connectivity index (χ0v) is 14.3. The zero-order valence-electron chi connectivity index (χ0n) is 13.5. The lowest BCUT2D eigenvalue weighted by molar-refractivity contribution is -0.116. The van der Waals surface area contributed by atoms with Gasteiger partial charge in [-0.3, -0.25) is 4.79 Å². The van der Waals surface area contributed by atoms with Gasteiger partial charge in [0.2, 0.25) is 5.91 Å². The predicted octanol–water partition coefficient (Wildman–Crippen LogP) is 3.38. The smallest absolute Gasteiger partial charge is 0.226 e. The van der Waals surface area contributed by atoms with Crippen molar-refractivity contribution in [2.75, 3.05) is 5.32 Å². The second-order valence-corrected chi connectivity index (χ2v) is 6.30. The van der Waals surface area contributed by atoms with Crippen LogP contribution in [-0.2, 0) is 4.79 Å². The monoisotopic (exact) mass is 375 g/mol. The van der Waals surface area contributed by atoms with E-state index in [9.17, 15) is 13.6 Å². The summed E-state index contributed by atoms with van der Waals surface area (Å²) in [6.07, 6.45) is -0.0797. The Morgan fingerprint density at radius 1 is 1.15 bits per heavy atom. The average Bonchev–Trinajstić information content (AvgIpc) is 2.92. The number of carbonyl (C=O) groups excluding carboxylic acids is 1. The highest BCUT2D eigenvalue weighted by molar-refractivity contribution is 6.29. The Labute approximate surface area is 151 Å². The Bertz CT molecular complexity index is 998. The number of aryl methyl sites for hydroxylation is 1. The van der Waals surface area contributed by atoms with Gasteiger partial charge in [0.15, 0.2) is 11.0 Å². The lowest BCUT2D eigenvalue weighted by Crippen LogP contribution is -2.26. The maximum absolute atomic E-state index is 14.3. The van der Waals surface area contributed by atoms with E-state index in [0.29, 0.717) is 22.9 Å². The molecule has 3 heterocycles. The fourth-order valence-corrected chi connectivity index (χ4v) is 3.33. The Morgan fingerprint density at radius 2 is 1.88 bits per heavy atom. The summed E-state index contributed by atoms with van der Waals surface area (Å²) >= 11 is 5.75. The fourth-order valence-electron chi connectivity index (χ4n) is 3.23. The van der Waals surface area contributed by atoms with Gasteiger partial charge in [-0.15, -0.1) is 10.2 Å². The number of fused-ring (bicyclic) bond motifs is 1. The Balaban J connectivity index is 1.92. The van der Waals surface area contributed by atoms with Gasteiger partial charge in [-0.05, 0) is 31.2 Å². The molecule has 1 aromatic carbocycles. The number of hydrogen-bond donors (Lipinski definition) is 1. The van der Waals surface area contributed by atoms with Crippen LogP contribution in [0.1, 0.15) is 29.2 Å². The van der Waals surface area contributed by atoms with Crippen molar-refractivity contribution in [2.45, 2.75) is 19.3 Å². The lowest BCUT2D eigenvalue weighted by atomic mass is 9.85. The van der Waals surface area contributed by atoms with Gasteiger partial charge in [-0.2, -0.15) is 9.78 Å². The number of amides is 1. The van der Waals surface area contributed by atoms with Crippen LogP contribution >= 0.6 is 11.6 Å². The molecule has 0 unspecified atom stereocenters. The van der Waals surface area contributed by atoms with E-state index in [1.807, 2.05) is 0 Å². The molecule has 0 saturated heterocycles. The van der Waals surface area contributed by atoms with E-state index in [1.54, 1.807) is 13.0 Å². The third-order valence-corrected chi connectivity index (χ3v) is 4.49. The largest absolute Gasteiger partial charge is 0.310 e. The van der Waals surface area contributed by atoms with Crippen molar-refractivity contribution in [1.82, 2.24) is 20.0 Å². The minimum Gasteiger partial charge on any atom is -0.310 e. The van der Waals surface area contributed by atoms with Gasteiger partial charge in [-0.1, -0.05) is 17.7 Å². The van der Waals surface area contributed by atoms with E-state index in [2.05, 4.69) is 20.6 Å². The van der Waals surface area contributed by atoms with E-state index in [4.69, 9.17) is 11.6 Å². The topological polar surface area (TPSA) is 72.7 Å². The number of halogens is 3. The lowest BCUT2D eigenvalue weighted by Gasteiger charge is -2.24. The van der Waals surface area contributed by atoms with E-state index in [-0.39, 0.29) is 23.0 Å². The molecule has 1 aliphatic heterocycles. The molecule has 0 radical (unpaired) electrons. The van der Waals surface area contributed by atoms with Gasteiger partial charge in [0, 0.05) is 23.5 Å². The average molecular weight is 376 g/mol. The van der Waals surface area contributed by atoms with Gasteiger partial charge in [0.1, 0.15) is 17.5 Å². The molecule has 9 heteroatoms. The summed E-state index contributed by atoms with van der Waals surface area (Å²) in [5.74, 6) is -1.90. The van der Waals surface area contributed by atoms with Crippen LogP contribution in [-0.4, -0.2) is 25.9 Å². The second kappa shape index (κ2) is 6.14. The Hall–Kier alpha value is -2.87. The second-order valence-electron chi connectivity index (χ2n) is 5.91. The highest BCUT2D eigenvalue weighted by Gasteiger charge is 2.35. The molecule has 1 atom stereocenters. The SMILES string of the molecule is Cc1nn(-c2ccc(Cl)nn2)c2c1[C@H](c1c(F)cccc1F)CC(=O)N2. The third-order valence-electron chi connectivity index (χ3n) is 4.29. The van der Waals surface area contributed by atoms with E-state index in [1.165, 1.54) is 28.9 Å². The number of carbonyl (C=O) groups is 1. The van der Waals surface area contributed by atoms with Crippen LogP contribution in [0.5, 0.6) is 0 Å². The highest BCUT2D eigenvalue weighted by Crippen LogP contribution is 2.41. The number of hydrogen-bond acceptors (Lipinski definition) is 4. The highest BCUT2D eigenvalue weighted by atomic mass is 35.5. The molecule has 2 aromatic heterocycles. The van der Waals surface area contributed by atoms with Gasteiger partial charge in [0.05, 0.1) is 5.69 Å². The maximum atomic E-state index is 14.3. The van der Waals surface area contributed by atoms with Crippen molar-refractivity contribution in [1.29, 1.82) is 0 Å². The van der Waals surface area contributed by atoms with E-state index in [0.717, 1.165) is 0 Å². The van der Waals surface area contributed by atoms with Crippen LogP contribution in [0, 0.1) is 18.6 Å². The molecular weight excluding hydrogens is 364 g/mol. The van der Waals surface area contributed by atoms with Gasteiger partial charge < -0.3 is 5.32 Å². The maximum Gasteiger partial charge on any atom is 0.226 e. The Morgan fingerprint density at radius 3 is 2.54 bits per heavy atom. The molecule has 1 amide bonds. The van der Waals surface area contributed by atoms with Gasteiger partial charge in [0.25, 0.3) is 0 Å².